The molecule has 0 unspecified atom stereocenters. The molecule has 3 N–H and O–H groups in total. The topological polar surface area (TPSA) is 77.2 Å². The molecule has 0 aliphatic heterocycles. The second-order valence-corrected chi connectivity index (χ2v) is 4.56. The van der Waals surface area contributed by atoms with E-state index >= 15 is 0 Å². The van der Waals surface area contributed by atoms with Gasteiger partial charge in [-0.1, -0.05) is 11.6 Å². The summed E-state index contributed by atoms with van der Waals surface area (Å²) in [4.78, 5) is 16.2. The third-order valence-electron chi connectivity index (χ3n) is 2.85. The molecule has 2 rings (SSSR count). The van der Waals surface area contributed by atoms with Gasteiger partial charge in [0, 0.05) is 18.0 Å². The third-order valence-corrected chi connectivity index (χ3v) is 3.14. The SMILES string of the molecule is COc1ccc(C(=O)Nc2c(C)ccnc2Cl)c(N)c1. The smallest absolute Gasteiger partial charge is 0.257 e. The monoisotopic (exact) mass is 291 g/mol. The summed E-state index contributed by atoms with van der Waals surface area (Å²) >= 11 is 5.97. The van der Waals surface area contributed by atoms with Crippen molar-refractivity contribution in [3.8, 4) is 5.75 Å². The van der Waals surface area contributed by atoms with Crippen molar-refractivity contribution < 1.29 is 9.53 Å². The maximum Gasteiger partial charge on any atom is 0.257 e. The average Bonchev–Trinajstić information content (AvgIpc) is 2.42. The molecule has 0 spiro atoms. The predicted octanol–water partition coefficient (Wildman–Crippen LogP) is 2.89. The van der Waals surface area contributed by atoms with Gasteiger partial charge in [0.15, 0.2) is 5.15 Å². The third kappa shape index (κ3) is 2.83. The van der Waals surface area contributed by atoms with Gasteiger partial charge in [-0.2, -0.15) is 0 Å². The summed E-state index contributed by atoms with van der Waals surface area (Å²) in [5.41, 5.74) is 7.83. The molecule has 6 heteroatoms. The van der Waals surface area contributed by atoms with E-state index < -0.39 is 0 Å². The lowest BCUT2D eigenvalue weighted by Crippen LogP contribution is -2.15. The van der Waals surface area contributed by atoms with Crippen LogP contribution in [0.4, 0.5) is 11.4 Å². The summed E-state index contributed by atoms with van der Waals surface area (Å²) in [6.45, 7) is 1.83. The first-order valence-electron chi connectivity index (χ1n) is 5.89. The molecule has 5 nitrogen and oxygen atoms in total. The largest absolute Gasteiger partial charge is 0.497 e. The zero-order valence-corrected chi connectivity index (χ0v) is 11.9. The fraction of sp³-hybridized carbons (Fsp3) is 0.143. The van der Waals surface area contributed by atoms with Crippen LogP contribution in [0, 0.1) is 6.92 Å². The molecule has 0 atom stereocenters. The predicted molar refractivity (Wildman–Crippen MR) is 79.3 cm³/mol. The Morgan fingerprint density at radius 1 is 1.40 bits per heavy atom. The molecule has 104 valence electrons. The van der Waals surface area contributed by atoms with Crippen molar-refractivity contribution in [3.05, 3.63) is 46.7 Å². The molecule has 0 radical (unpaired) electrons. The van der Waals surface area contributed by atoms with Gasteiger partial charge in [0.2, 0.25) is 0 Å². The van der Waals surface area contributed by atoms with Gasteiger partial charge in [-0.3, -0.25) is 4.79 Å². The summed E-state index contributed by atoms with van der Waals surface area (Å²) in [6.07, 6.45) is 1.58. The van der Waals surface area contributed by atoms with Crippen molar-refractivity contribution in [1.29, 1.82) is 0 Å². The Morgan fingerprint density at radius 3 is 2.75 bits per heavy atom. The Hall–Kier alpha value is -2.27. The van der Waals surface area contributed by atoms with E-state index in [4.69, 9.17) is 22.1 Å². The fourth-order valence-corrected chi connectivity index (χ4v) is 1.98. The Balaban J connectivity index is 2.29. The van der Waals surface area contributed by atoms with E-state index in [0.29, 0.717) is 22.7 Å². The highest BCUT2D eigenvalue weighted by Crippen LogP contribution is 2.25. The number of methoxy groups -OCH3 is 1. The van der Waals surface area contributed by atoms with Crippen LogP contribution in [0.2, 0.25) is 5.15 Å². The van der Waals surface area contributed by atoms with Gasteiger partial charge >= 0.3 is 0 Å². The number of amides is 1. The van der Waals surface area contributed by atoms with Gasteiger partial charge in [0.05, 0.1) is 18.4 Å². The molecule has 20 heavy (non-hydrogen) atoms. The zero-order valence-electron chi connectivity index (χ0n) is 11.1. The number of aryl methyl sites for hydroxylation is 1. The molecule has 0 aliphatic rings. The second-order valence-electron chi connectivity index (χ2n) is 4.20. The Labute approximate surface area is 121 Å². The summed E-state index contributed by atoms with van der Waals surface area (Å²) in [5.74, 6) is 0.248. The van der Waals surface area contributed by atoms with Crippen LogP contribution in [0.15, 0.2) is 30.5 Å². The van der Waals surface area contributed by atoms with Crippen molar-refractivity contribution in [2.45, 2.75) is 6.92 Å². The quantitative estimate of drug-likeness (QED) is 0.673. The molecule has 0 bridgehead atoms. The van der Waals surface area contributed by atoms with E-state index in [0.717, 1.165) is 5.56 Å². The van der Waals surface area contributed by atoms with Gasteiger partial charge in [0.25, 0.3) is 5.91 Å². The number of rotatable bonds is 3. The van der Waals surface area contributed by atoms with Crippen LogP contribution in [0.1, 0.15) is 15.9 Å². The number of ether oxygens (including phenoxy) is 1. The number of anilines is 2. The molecule has 2 aromatic rings. The maximum atomic E-state index is 12.2. The first-order chi connectivity index (χ1) is 9.52. The Morgan fingerprint density at radius 2 is 2.15 bits per heavy atom. The number of pyridine rings is 1. The first-order valence-corrected chi connectivity index (χ1v) is 6.26. The number of hydrogen-bond acceptors (Lipinski definition) is 4. The summed E-state index contributed by atoms with van der Waals surface area (Å²) in [5, 5.41) is 2.96. The lowest BCUT2D eigenvalue weighted by Gasteiger charge is -2.11. The number of halogens is 1. The van der Waals surface area contributed by atoms with E-state index in [1.165, 1.54) is 7.11 Å². The van der Waals surface area contributed by atoms with E-state index in [1.807, 2.05) is 6.92 Å². The van der Waals surface area contributed by atoms with E-state index in [1.54, 1.807) is 30.5 Å². The van der Waals surface area contributed by atoms with Crippen LogP contribution in [-0.4, -0.2) is 18.0 Å². The van der Waals surface area contributed by atoms with Gasteiger partial charge in [-0.25, -0.2) is 4.98 Å². The fourth-order valence-electron chi connectivity index (χ4n) is 1.73. The number of nitrogens with zero attached hydrogens (tertiary/aromatic N) is 1. The highest BCUT2D eigenvalue weighted by Gasteiger charge is 2.14. The van der Waals surface area contributed by atoms with Gasteiger partial charge in [-0.15, -0.1) is 0 Å². The van der Waals surface area contributed by atoms with Crippen molar-refractivity contribution in [1.82, 2.24) is 4.98 Å². The van der Waals surface area contributed by atoms with Crippen LogP contribution >= 0.6 is 11.6 Å². The highest BCUT2D eigenvalue weighted by atomic mass is 35.5. The number of carbonyl (C=O) groups is 1. The van der Waals surface area contributed by atoms with Crippen LogP contribution in [0.3, 0.4) is 0 Å². The van der Waals surface area contributed by atoms with E-state index in [9.17, 15) is 4.79 Å². The molecule has 0 saturated heterocycles. The van der Waals surface area contributed by atoms with Crippen LogP contribution in [-0.2, 0) is 0 Å². The van der Waals surface area contributed by atoms with Crippen molar-refractivity contribution >= 4 is 28.9 Å². The molecular weight excluding hydrogens is 278 g/mol. The molecule has 0 aliphatic carbocycles. The molecule has 0 fully saturated rings. The Kier molecular flexibility index (Phi) is 4.10. The average molecular weight is 292 g/mol. The van der Waals surface area contributed by atoms with Gasteiger partial charge in [-0.05, 0) is 30.7 Å². The van der Waals surface area contributed by atoms with Gasteiger partial charge < -0.3 is 15.8 Å². The molecule has 1 aromatic heterocycles. The van der Waals surface area contributed by atoms with E-state index in [2.05, 4.69) is 10.3 Å². The number of nitrogens with one attached hydrogen (secondary N) is 1. The minimum atomic E-state index is -0.344. The normalized spacial score (nSPS) is 10.2. The number of aromatic nitrogens is 1. The van der Waals surface area contributed by atoms with E-state index in [-0.39, 0.29) is 11.1 Å². The van der Waals surface area contributed by atoms with Gasteiger partial charge in [0.1, 0.15) is 5.75 Å². The number of hydrogen-bond donors (Lipinski definition) is 2. The number of nitrogens with two attached hydrogens (primary N) is 1. The van der Waals surface area contributed by atoms with Crippen LogP contribution in [0.25, 0.3) is 0 Å². The lowest BCUT2D eigenvalue weighted by atomic mass is 10.1. The minimum Gasteiger partial charge on any atom is -0.497 e. The number of nitrogen functional groups attached to an aromatic ring is 1. The van der Waals surface area contributed by atoms with Crippen molar-refractivity contribution in [2.24, 2.45) is 0 Å². The molecule has 1 aromatic carbocycles. The molecule has 0 saturated carbocycles. The summed E-state index contributed by atoms with van der Waals surface area (Å²) in [6, 6.07) is 6.62. The standard InChI is InChI=1S/C14H14ClN3O2/c1-8-5-6-17-13(15)12(8)18-14(19)10-4-3-9(20-2)7-11(10)16/h3-7H,16H2,1-2H3,(H,18,19). The molecule has 1 amide bonds. The molecule has 1 heterocycles. The van der Waals surface area contributed by atoms with Crippen molar-refractivity contribution in [3.63, 3.8) is 0 Å². The lowest BCUT2D eigenvalue weighted by molar-refractivity contribution is 0.102. The summed E-state index contributed by atoms with van der Waals surface area (Å²) < 4.78 is 5.04. The van der Waals surface area contributed by atoms with Crippen LogP contribution in [0.5, 0.6) is 5.75 Å². The second kappa shape index (κ2) is 5.79. The number of carbonyl (C=O) groups excluding carboxylic acids is 1. The zero-order chi connectivity index (χ0) is 14.7. The Bertz CT molecular complexity index is 639. The molecular formula is C14H14ClN3O2. The van der Waals surface area contributed by atoms with Crippen LogP contribution < -0.4 is 15.8 Å². The van der Waals surface area contributed by atoms with Crippen molar-refractivity contribution in [2.75, 3.05) is 18.2 Å². The minimum absolute atomic E-state index is 0.241. The maximum absolute atomic E-state index is 12.2. The highest BCUT2D eigenvalue weighted by molar-refractivity contribution is 6.33. The number of benzene rings is 1. The summed E-state index contributed by atoms with van der Waals surface area (Å²) in [7, 11) is 1.54. The first kappa shape index (κ1) is 14.1.